The molecule has 1 aliphatic heterocycles. The average molecular weight is 585 g/mol. The Labute approximate surface area is 248 Å². The number of nitrogens with zero attached hydrogens (tertiary/aromatic N) is 2. The lowest BCUT2D eigenvalue weighted by atomic mass is 9.82. The summed E-state index contributed by atoms with van der Waals surface area (Å²) in [7, 11) is 0. The number of aromatic carboxylic acids is 1. The van der Waals surface area contributed by atoms with Crippen molar-refractivity contribution in [3.8, 4) is 21.9 Å². The summed E-state index contributed by atoms with van der Waals surface area (Å²) < 4.78 is 8.07. The minimum atomic E-state index is -0.989. The van der Waals surface area contributed by atoms with Gasteiger partial charge in [-0.2, -0.15) is 0 Å². The van der Waals surface area contributed by atoms with Gasteiger partial charge in [-0.3, -0.25) is 4.79 Å². The molecule has 41 heavy (non-hydrogen) atoms. The van der Waals surface area contributed by atoms with Crippen molar-refractivity contribution in [2.75, 3.05) is 18.0 Å². The van der Waals surface area contributed by atoms with Crippen LogP contribution in [0.15, 0.2) is 95.9 Å². The van der Waals surface area contributed by atoms with Crippen molar-refractivity contribution >= 4 is 40.8 Å². The molecule has 4 aromatic rings. The molecule has 1 N–H and O–H groups in total. The Hall–Kier alpha value is -3.59. The summed E-state index contributed by atoms with van der Waals surface area (Å²) in [6.07, 6.45) is 5.60. The Morgan fingerprint density at radius 2 is 1.54 bits per heavy atom. The highest BCUT2D eigenvalue weighted by molar-refractivity contribution is 7.97. The van der Waals surface area contributed by atoms with Crippen LogP contribution in [0.1, 0.15) is 41.8 Å². The van der Waals surface area contributed by atoms with Crippen LogP contribution in [0.5, 0.6) is 11.5 Å². The van der Waals surface area contributed by atoms with E-state index in [0.29, 0.717) is 18.2 Å². The number of piperazine rings is 1. The summed E-state index contributed by atoms with van der Waals surface area (Å²) in [6.45, 7) is 0.893. The van der Waals surface area contributed by atoms with Crippen molar-refractivity contribution in [1.29, 1.82) is 0 Å². The molecule has 1 saturated heterocycles. The number of hydrogen-bond donors (Lipinski definition) is 1. The Balaban J connectivity index is 1.25. The third-order valence-corrected chi connectivity index (χ3v) is 9.94. The summed E-state index contributed by atoms with van der Waals surface area (Å²) in [5.74, 6) is 0.837. The number of rotatable bonds is 8. The van der Waals surface area contributed by atoms with Crippen LogP contribution in [0.25, 0.3) is 10.4 Å². The number of ether oxygens (including phenoxy) is 1. The molecule has 6 nitrogen and oxygen atoms in total. The molecule has 1 unspecified atom stereocenters. The Bertz CT molecular complexity index is 1480. The number of benzene rings is 3. The molecular formula is C33H32N2O4S2. The van der Waals surface area contributed by atoms with Crippen molar-refractivity contribution in [1.82, 2.24) is 4.31 Å². The second kappa shape index (κ2) is 12.5. The minimum absolute atomic E-state index is 0.0525. The summed E-state index contributed by atoms with van der Waals surface area (Å²) in [5.41, 5.74) is 1.50. The fourth-order valence-electron chi connectivity index (χ4n) is 5.83. The van der Waals surface area contributed by atoms with Crippen LogP contribution in [0.2, 0.25) is 0 Å². The molecule has 2 aliphatic rings. The van der Waals surface area contributed by atoms with Gasteiger partial charge < -0.3 is 14.7 Å². The van der Waals surface area contributed by atoms with Crippen molar-refractivity contribution in [2.45, 2.75) is 43.0 Å². The van der Waals surface area contributed by atoms with E-state index in [2.05, 4.69) is 4.31 Å². The number of para-hydroxylation sites is 1. The molecular weight excluding hydrogens is 553 g/mol. The third-order valence-electron chi connectivity index (χ3n) is 7.76. The second-order valence-corrected chi connectivity index (χ2v) is 12.7. The molecule has 210 valence electrons. The fraction of sp³-hybridized carbons (Fsp3) is 0.273. The van der Waals surface area contributed by atoms with E-state index in [9.17, 15) is 14.7 Å². The Kier molecular flexibility index (Phi) is 8.41. The summed E-state index contributed by atoms with van der Waals surface area (Å²) in [6, 6.07) is 29.2. The van der Waals surface area contributed by atoms with Gasteiger partial charge in [0.2, 0.25) is 5.91 Å². The topological polar surface area (TPSA) is 70.1 Å². The van der Waals surface area contributed by atoms with Gasteiger partial charge in [0.15, 0.2) is 0 Å². The molecule has 2 heterocycles. The number of thiophene rings is 1. The van der Waals surface area contributed by atoms with Crippen molar-refractivity contribution in [3.63, 3.8) is 0 Å². The minimum Gasteiger partial charge on any atom is -0.477 e. The first-order chi connectivity index (χ1) is 20.0. The van der Waals surface area contributed by atoms with Crippen LogP contribution in [0.4, 0.5) is 5.69 Å². The number of hydrogen-bond acceptors (Lipinski definition) is 6. The van der Waals surface area contributed by atoms with Gasteiger partial charge in [0.05, 0.1) is 18.3 Å². The molecule has 8 heteroatoms. The van der Waals surface area contributed by atoms with Gasteiger partial charge in [-0.05, 0) is 78.7 Å². The van der Waals surface area contributed by atoms with E-state index in [1.54, 1.807) is 11.9 Å². The molecule has 1 atom stereocenters. The first-order valence-corrected chi connectivity index (χ1v) is 15.6. The van der Waals surface area contributed by atoms with Gasteiger partial charge in [-0.1, -0.05) is 67.8 Å². The molecule has 0 bridgehead atoms. The predicted octanol–water partition coefficient (Wildman–Crippen LogP) is 8.21. The molecule has 0 radical (unpaired) electrons. The Morgan fingerprint density at radius 3 is 2.22 bits per heavy atom. The van der Waals surface area contributed by atoms with Crippen LogP contribution in [0.3, 0.4) is 0 Å². The lowest BCUT2D eigenvalue weighted by Gasteiger charge is -2.45. The van der Waals surface area contributed by atoms with Gasteiger partial charge in [0, 0.05) is 16.3 Å². The number of carbonyl (C=O) groups excluding carboxylic acids is 1. The standard InChI is InChI=1S/C33H32N2O4S2/c36-31-22-34(41-27-18-16-26(17-19-27)39-25-14-8-3-9-15-25)21-29(23-10-4-1-5-11-23)35(31)28-20-30(40-32(28)33(37)38)24-12-6-2-7-13-24/h2-3,6-9,12-20,23,29H,1,4-5,10-11,21-22H2,(H,37,38). The normalized spacial score (nSPS) is 18.4. The molecule has 1 amide bonds. The maximum atomic E-state index is 13.9. The maximum absolute atomic E-state index is 13.9. The van der Waals surface area contributed by atoms with E-state index in [-0.39, 0.29) is 23.4 Å². The third kappa shape index (κ3) is 6.35. The van der Waals surface area contributed by atoms with Crippen molar-refractivity contribution < 1.29 is 19.4 Å². The highest BCUT2D eigenvalue weighted by Gasteiger charge is 2.41. The molecule has 3 aromatic carbocycles. The fourth-order valence-corrected chi connectivity index (χ4v) is 7.78. The van der Waals surface area contributed by atoms with E-state index < -0.39 is 5.97 Å². The highest BCUT2D eigenvalue weighted by Crippen LogP contribution is 2.42. The van der Waals surface area contributed by atoms with E-state index in [4.69, 9.17) is 4.74 Å². The largest absolute Gasteiger partial charge is 0.477 e. The zero-order chi connectivity index (χ0) is 28.2. The summed E-state index contributed by atoms with van der Waals surface area (Å²) in [4.78, 5) is 30.2. The van der Waals surface area contributed by atoms with Gasteiger partial charge in [-0.15, -0.1) is 11.3 Å². The molecule has 0 spiro atoms. The van der Waals surface area contributed by atoms with Crippen molar-refractivity contribution in [2.24, 2.45) is 5.92 Å². The number of carbonyl (C=O) groups is 2. The number of amides is 1. The first-order valence-electron chi connectivity index (χ1n) is 14.1. The maximum Gasteiger partial charge on any atom is 0.348 e. The summed E-state index contributed by atoms with van der Waals surface area (Å²) in [5, 5.41) is 10.1. The van der Waals surface area contributed by atoms with Crippen LogP contribution >= 0.6 is 23.3 Å². The van der Waals surface area contributed by atoms with E-state index >= 15 is 0 Å². The molecule has 1 saturated carbocycles. The average Bonchev–Trinajstić information content (AvgIpc) is 3.45. The molecule has 1 aromatic heterocycles. The van der Waals surface area contributed by atoms with Crippen LogP contribution in [-0.4, -0.2) is 40.4 Å². The zero-order valence-corrected chi connectivity index (χ0v) is 24.3. The lowest BCUT2D eigenvalue weighted by Crippen LogP contribution is -2.58. The quantitative estimate of drug-likeness (QED) is 0.211. The molecule has 1 aliphatic carbocycles. The van der Waals surface area contributed by atoms with Crippen LogP contribution in [-0.2, 0) is 4.79 Å². The SMILES string of the molecule is O=C(O)c1sc(-c2ccccc2)cc1N1C(=O)CN(Sc2ccc(Oc3ccccc3)cc2)CC1C1CCCCC1. The summed E-state index contributed by atoms with van der Waals surface area (Å²) >= 11 is 2.82. The lowest BCUT2D eigenvalue weighted by molar-refractivity contribution is -0.121. The van der Waals surface area contributed by atoms with Crippen molar-refractivity contribution in [3.05, 3.63) is 95.9 Å². The number of carboxylic acid groups (broad SMARTS) is 1. The predicted molar refractivity (Wildman–Crippen MR) is 165 cm³/mol. The monoisotopic (exact) mass is 584 g/mol. The Morgan fingerprint density at radius 1 is 0.878 bits per heavy atom. The number of anilines is 1. The van der Waals surface area contributed by atoms with E-state index in [1.807, 2.05) is 95.9 Å². The first kappa shape index (κ1) is 27.6. The van der Waals surface area contributed by atoms with E-state index in [0.717, 1.165) is 52.5 Å². The van der Waals surface area contributed by atoms with Crippen LogP contribution in [0, 0.1) is 5.92 Å². The van der Waals surface area contributed by atoms with Gasteiger partial charge >= 0.3 is 5.97 Å². The number of carboxylic acids is 1. The smallest absolute Gasteiger partial charge is 0.348 e. The van der Waals surface area contributed by atoms with Gasteiger partial charge in [0.1, 0.15) is 16.4 Å². The van der Waals surface area contributed by atoms with E-state index in [1.165, 1.54) is 17.8 Å². The van der Waals surface area contributed by atoms with Gasteiger partial charge in [-0.25, -0.2) is 9.10 Å². The highest BCUT2D eigenvalue weighted by atomic mass is 32.2. The molecule has 2 fully saturated rings. The van der Waals surface area contributed by atoms with Gasteiger partial charge in [0.25, 0.3) is 0 Å². The second-order valence-electron chi connectivity index (χ2n) is 10.5. The zero-order valence-electron chi connectivity index (χ0n) is 22.6. The van der Waals surface area contributed by atoms with Crippen LogP contribution < -0.4 is 9.64 Å². The molecule has 6 rings (SSSR count).